The zero-order valence-corrected chi connectivity index (χ0v) is 19.4. The zero-order chi connectivity index (χ0) is 24.6. The van der Waals surface area contributed by atoms with Crippen LogP contribution in [0, 0.1) is 5.82 Å². The van der Waals surface area contributed by atoms with E-state index in [1.54, 1.807) is 6.08 Å². The normalized spacial score (nSPS) is 15.4. The highest BCUT2D eigenvalue weighted by molar-refractivity contribution is 5.65. The topological polar surface area (TPSA) is 77.1 Å². The van der Waals surface area contributed by atoms with Gasteiger partial charge in [-0.15, -0.1) is 0 Å². The Bertz CT molecular complexity index is 1170. The highest BCUT2D eigenvalue weighted by Gasteiger charge is 2.21. The number of nitrogens with one attached hydrogen (secondary N) is 4. The summed E-state index contributed by atoms with van der Waals surface area (Å²) in [5.41, 5.74) is 3.85. The molecule has 182 valence electrons. The number of allylic oxidation sites excluding steroid dienone is 1. The van der Waals surface area contributed by atoms with Crippen molar-refractivity contribution in [3.63, 3.8) is 0 Å². The number of anilines is 6. The molecule has 0 radical (unpaired) electrons. The van der Waals surface area contributed by atoms with Gasteiger partial charge in [0.25, 0.3) is 0 Å². The Kier molecular flexibility index (Phi) is 7.89. The lowest BCUT2D eigenvalue weighted by Gasteiger charge is -2.16. The fourth-order valence-electron chi connectivity index (χ4n) is 3.85. The Morgan fingerprint density at radius 1 is 1.09 bits per heavy atom. The predicted octanol–water partition coefficient (Wildman–Crippen LogP) is 5.67. The van der Waals surface area contributed by atoms with Gasteiger partial charge in [0.15, 0.2) is 11.6 Å². The Hall–Kier alpha value is -3.98. The zero-order valence-electron chi connectivity index (χ0n) is 19.4. The molecular weight excluding hydrogens is 448 g/mol. The van der Waals surface area contributed by atoms with Crippen molar-refractivity contribution in [3.05, 3.63) is 85.5 Å². The molecule has 0 unspecified atom stereocenters. The molecule has 0 spiro atoms. The molecule has 2 aromatic carbocycles. The molecule has 0 amide bonds. The Morgan fingerprint density at radius 2 is 1.86 bits per heavy atom. The van der Waals surface area contributed by atoms with Crippen LogP contribution in [0.25, 0.3) is 0 Å². The van der Waals surface area contributed by atoms with Crippen LogP contribution in [0.15, 0.2) is 79.7 Å². The lowest BCUT2D eigenvalue weighted by molar-refractivity contribution is 0.296. The van der Waals surface area contributed by atoms with E-state index in [9.17, 15) is 8.78 Å². The maximum atomic E-state index is 14.4. The van der Waals surface area contributed by atoms with Crippen LogP contribution in [0.5, 0.6) is 0 Å². The van der Waals surface area contributed by atoms with Gasteiger partial charge >= 0.3 is 0 Å². The highest BCUT2D eigenvalue weighted by atomic mass is 19.1. The third-order valence-electron chi connectivity index (χ3n) is 5.61. The molecule has 35 heavy (non-hydrogen) atoms. The van der Waals surface area contributed by atoms with E-state index in [2.05, 4.69) is 49.3 Å². The smallest absolute Gasteiger partial charge is 0.229 e. The molecule has 9 heteroatoms. The minimum absolute atomic E-state index is 0.0551. The molecule has 0 bridgehead atoms. The lowest BCUT2D eigenvalue weighted by atomic mass is 10.2. The fraction of sp³-hybridized carbons (Fsp3) is 0.231. The average Bonchev–Trinajstić information content (AvgIpc) is 3.29. The van der Waals surface area contributed by atoms with Crippen LogP contribution in [0.3, 0.4) is 0 Å². The predicted molar refractivity (Wildman–Crippen MR) is 139 cm³/mol. The number of hydrogen-bond donors (Lipinski definition) is 4. The quantitative estimate of drug-likeness (QED) is 0.265. The van der Waals surface area contributed by atoms with Crippen LogP contribution in [-0.2, 0) is 0 Å². The lowest BCUT2D eigenvalue weighted by Crippen LogP contribution is -2.27. The van der Waals surface area contributed by atoms with Crippen LogP contribution in [0.1, 0.15) is 6.42 Å². The Balaban J connectivity index is 1.38. The number of halogens is 2. The summed E-state index contributed by atoms with van der Waals surface area (Å²) in [5, 5.41) is 12.7. The average molecular weight is 478 g/mol. The summed E-state index contributed by atoms with van der Waals surface area (Å²) in [6.07, 6.45) is 3.72. The van der Waals surface area contributed by atoms with Crippen molar-refractivity contribution < 1.29 is 8.78 Å². The number of likely N-dealkylation sites (tertiary alicyclic amines) is 1. The minimum atomic E-state index is -0.567. The number of hydrogen-bond acceptors (Lipinski definition) is 7. The van der Waals surface area contributed by atoms with E-state index in [4.69, 9.17) is 0 Å². The standard InChI is InChI=1S/C26H29F2N7/c1-3-18(2)30-21-5-4-6-22(15-21)32-25-24(28)16-29-26(34-25)33-20-9-7-19(8-10-20)31-23-11-13-35(17-23)14-12-27/h3-10,15-16,23,30-31H,1-2,11-14,17H2,(H2,29,32,33,34)/t23-/m1/s1. The van der Waals surface area contributed by atoms with E-state index in [-0.39, 0.29) is 18.4 Å². The SMILES string of the molecule is C=CC(=C)Nc1cccc(Nc2nc(Nc3ccc(N[C@@H]4CCN(CCF)C4)cc3)ncc2F)c1. The van der Waals surface area contributed by atoms with Gasteiger partial charge in [0.05, 0.1) is 6.20 Å². The van der Waals surface area contributed by atoms with Gasteiger partial charge in [0.1, 0.15) is 6.67 Å². The van der Waals surface area contributed by atoms with Crippen LogP contribution in [0.4, 0.5) is 43.3 Å². The molecule has 7 nitrogen and oxygen atoms in total. The molecule has 2 heterocycles. The summed E-state index contributed by atoms with van der Waals surface area (Å²) in [6, 6.07) is 15.3. The molecule has 1 aliphatic heterocycles. The molecule has 0 aliphatic carbocycles. The van der Waals surface area contributed by atoms with Gasteiger partial charge in [-0.25, -0.2) is 13.8 Å². The minimum Gasteiger partial charge on any atom is -0.381 e. The second-order valence-corrected chi connectivity index (χ2v) is 8.27. The van der Waals surface area contributed by atoms with Crippen molar-refractivity contribution in [1.82, 2.24) is 14.9 Å². The second kappa shape index (κ2) is 11.4. The van der Waals surface area contributed by atoms with Crippen molar-refractivity contribution in [2.75, 3.05) is 47.6 Å². The van der Waals surface area contributed by atoms with Crippen LogP contribution >= 0.6 is 0 Å². The van der Waals surface area contributed by atoms with Crippen LogP contribution < -0.4 is 21.3 Å². The molecule has 1 fully saturated rings. The third kappa shape index (κ3) is 6.77. The van der Waals surface area contributed by atoms with Gasteiger partial charge < -0.3 is 21.3 Å². The molecular formula is C26H29F2N7. The van der Waals surface area contributed by atoms with Gasteiger partial charge in [-0.05, 0) is 55.0 Å². The molecule has 1 aliphatic rings. The van der Waals surface area contributed by atoms with Crippen molar-refractivity contribution in [2.24, 2.45) is 0 Å². The number of alkyl halides is 1. The maximum absolute atomic E-state index is 14.4. The fourth-order valence-corrected chi connectivity index (χ4v) is 3.85. The second-order valence-electron chi connectivity index (χ2n) is 8.27. The molecule has 1 atom stereocenters. The van der Waals surface area contributed by atoms with Crippen molar-refractivity contribution >= 4 is 34.5 Å². The van der Waals surface area contributed by atoms with Crippen LogP contribution in [-0.4, -0.2) is 47.2 Å². The van der Waals surface area contributed by atoms with Crippen molar-refractivity contribution in [2.45, 2.75) is 12.5 Å². The van der Waals surface area contributed by atoms with Gasteiger partial charge in [-0.3, -0.25) is 4.90 Å². The number of rotatable bonds is 11. The third-order valence-corrected chi connectivity index (χ3v) is 5.61. The number of benzene rings is 2. The van der Waals surface area contributed by atoms with Gasteiger partial charge in [-0.1, -0.05) is 19.2 Å². The monoisotopic (exact) mass is 477 g/mol. The largest absolute Gasteiger partial charge is 0.381 e. The molecule has 3 aromatic rings. The van der Waals surface area contributed by atoms with Crippen molar-refractivity contribution in [3.8, 4) is 0 Å². The van der Waals surface area contributed by atoms with Gasteiger partial charge in [0, 0.05) is 54.1 Å². The maximum Gasteiger partial charge on any atom is 0.229 e. The van der Waals surface area contributed by atoms with Gasteiger partial charge in [-0.2, -0.15) is 4.98 Å². The summed E-state index contributed by atoms with van der Waals surface area (Å²) in [7, 11) is 0. The first-order chi connectivity index (χ1) is 17.0. The van der Waals surface area contributed by atoms with Gasteiger partial charge in [0.2, 0.25) is 5.95 Å². The summed E-state index contributed by atoms with van der Waals surface area (Å²) < 4.78 is 26.9. The Morgan fingerprint density at radius 3 is 2.63 bits per heavy atom. The summed E-state index contributed by atoms with van der Waals surface area (Å²) in [5.74, 6) is -0.247. The van der Waals surface area contributed by atoms with Crippen LogP contribution in [0.2, 0.25) is 0 Å². The first-order valence-corrected chi connectivity index (χ1v) is 11.4. The molecule has 1 saturated heterocycles. The summed E-state index contributed by atoms with van der Waals surface area (Å²) in [4.78, 5) is 10.5. The molecule has 0 saturated carbocycles. The molecule has 4 N–H and O–H groups in total. The summed E-state index contributed by atoms with van der Waals surface area (Å²) in [6.45, 7) is 9.42. The van der Waals surface area contributed by atoms with E-state index < -0.39 is 5.82 Å². The van der Waals surface area contributed by atoms with E-state index in [1.807, 2.05) is 48.5 Å². The Labute approximate surface area is 204 Å². The first kappa shape index (κ1) is 24.2. The summed E-state index contributed by atoms with van der Waals surface area (Å²) >= 11 is 0. The highest BCUT2D eigenvalue weighted by Crippen LogP contribution is 2.24. The number of aromatic nitrogens is 2. The van der Waals surface area contributed by atoms with Crippen molar-refractivity contribution in [1.29, 1.82) is 0 Å². The van der Waals surface area contributed by atoms with E-state index >= 15 is 0 Å². The van der Waals surface area contributed by atoms with E-state index in [0.717, 1.165) is 42.8 Å². The molecule has 1 aromatic heterocycles. The molecule has 4 rings (SSSR count). The number of nitrogens with zero attached hydrogens (tertiary/aromatic N) is 3. The van der Waals surface area contributed by atoms with E-state index in [0.29, 0.717) is 24.0 Å². The first-order valence-electron chi connectivity index (χ1n) is 11.4. The van der Waals surface area contributed by atoms with E-state index in [1.165, 1.54) is 0 Å².